The van der Waals surface area contributed by atoms with E-state index in [0.717, 1.165) is 12.8 Å². The van der Waals surface area contributed by atoms with Gasteiger partial charge < -0.3 is 9.47 Å². The summed E-state index contributed by atoms with van der Waals surface area (Å²) in [7, 11) is 0. The van der Waals surface area contributed by atoms with Gasteiger partial charge in [0.05, 0.1) is 12.2 Å². The Kier molecular flexibility index (Phi) is 8.80. The van der Waals surface area contributed by atoms with Crippen LogP contribution in [0.25, 0.3) is 0 Å². The molecule has 0 aromatic rings. The highest BCUT2D eigenvalue weighted by Gasteiger charge is 2.36. The van der Waals surface area contributed by atoms with Crippen LogP contribution < -0.4 is 0 Å². The van der Waals surface area contributed by atoms with Gasteiger partial charge >= 0.3 is 5.97 Å². The van der Waals surface area contributed by atoms with Crippen LogP contribution in [0, 0.1) is 23.7 Å². The Balaban J connectivity index is 2.14. The number of ether oxygens (including phenoxy) is 2. The fourth-order valence-electron chi connectivity index (χ4n) is 2.04. The molecule has 0 aromatic heterocycles. The summed E-state index contributed by atoms with van der Waals surface area (Å²) >= 11 is 0. The number of epoxide rings is 1. The molecule has 0 saturated carbocycles. The van der Waals surface area contributed by atoms with E-state index in [2.05, 4.69) is 36.8 Å². The number of carbonyl (C=O) groups is 1. The van der Waals surface area contributed by atoms with E-state index in [1.54, 1.807) is 0 Å². The minimum absolute atomic E-state index is 0.261. The van der Waals surface area contributed by atoms with Crippen molar-refractivity contribution in [3.8, 4) is 23.7 Å². The van der Waals surface area contributed by atoms with Gasteiger partial charge in [-0.1, -0.05) is 31.4 Å². The highest BCUT2D eigenvalue weighted by atomic mass is 16.6. The number of esters is 1. The Bertz CT molecular complexity index is 498. The van der Waals surface area contributed by atoms with E-state index < -0.39 is 6.10 Å². The molecule has 1 aliphatic heterocycles. The summed E-state index contributed by atoms with van der Waals surface area (Å²) in [5.41, 5.74) is 0. The van der Waals surface area contributed by atoms with E-state index in [0.29, 0.717) is 12.5 Å². The minimum Gasteiger partial charge on any atom is -0.445 e. The smallest absolute Gasteiger partial charge is 0.304 e. The molecule has 0 aliphatic carbocycles. The molecular weight excluding hydrogens is 276 g/mol. The van der Waals surface area contributed by atoms with E-state index in [1.165, 1.54) is 32.3 Å². The van der Waals surface area contributed by atoms with Crippen LogP contribution in [0.5, 0.6) is 0 Å². The largest absolute Gasteiger partial charge is 0.445 e. The lowest BCUT2D eigenvalue weighted by Crippen LogP contribution is -2.10. The number of unbranched alkanes of at least 4 members (excludes halogenated alkanes) is 3. The zero-order chi connectivity index (χ0) is 16.2. The quantitative estimate of drug-likeness (QED) is 0.215. The number of hydrogen-bond acceptors (Lipinski definition) is 3. The van der Waals surface area contributed by atoms with E-state index >= 15 is 0 Å². The highest BCUT2D eigenvalue weighted by molar-refractivity contribution is 5.66. The van der Waals surface area contributed by atoms with Crippen molar-refractivity contribution in [2.75, 3.05) is 0 Å². The maximum atomic E-state index is 10.8. The van der Waals surface area contributed by atoms with Crippen LogP contribution in [-0.2, 0) is 14.3 Å². The molecule has 0 aromatic carbocycles. The molecule has 3 atom stereocenters. The molecule has 1 unspecified atom stereocenters. The Morgan fingerprint density at radius 3 is 2.77 bits per heavy atom. The first-order valence-electron chi connectivity index (χ1n) is 7.72. The van der Waals surface area contributed by atoms with Crippen LogP contribution in [-0.4, -0.2) is 24.3 Å². The summed E-state index contributed by atoms with van der Waals surface area (Å²) in [6.07, 6.45) is 10.0. The molecule has 3 nitrogen and oxygen atoms in total. The van der Waals surface area contributed by atoms with E-state index in [1.807, 2.05) is 6.08 Å². The minimum atomic E-state index is -0.590. The van der Waals surface area contributed by atoms with E-state index in [-0.39, 0.29) is 12.1 Å². The van der Waals surface area contributed by atoms with Crippen molar-refractivity contribution < 1.29 is 14.3 Å². The second-order valence-corrected chi connectivity index (χ2v) is 5.18. The molecule has 1 rings (SSSR count). The van der Waals surface area contributed by atoms with E-state index in [9.17, 15) is 4.79 Å². The molecule has 1 aliphatic rings. The van der Waals surface area contributed by atoms with Gasteiger partial charge in [0.25, 0.3) is 0 Å². The monoisotopic (exact) mass is 300 g/mol. The van der Waals surface area contributed by atoms with Crippen LogP contribution in [0.2, 0.25) is 0 Å². The van der Waals surface area contributed by atoms with Crippen molar-refractivity contribution in [1.82, 2.24) is 0 Å². The van der Waals surface area contributed by atoms with Gasteiger partial charge in [-0.3, -0.25) is 4.79 Å². The first-order chi connectivity index (χ1) is 10.7. The van der Waals surface area contributed by atoms with Gasteiger partial charge in [0.15, 0.2) is 6.10 Å². The molecule has 0 N–H and O–H groups in total. The predicted octanol–water partition coefficient (Wildman–Crippen LogP) is 3.40. The summed E-state index contributed by atoms with van der Waals surface area (Å²) in [4.78, 5) is 10.8. The summed E-state index contributed by atoms with van der Waals surface area (Å²) in [6.45, 7) is 8.61. The summed E-state index contributed by atoms with van der Waals surface area (Å²) in [6, 6.07) is 0. The normalized spacial score (nSPS) is 19.7. The van der Waals surface area contributed by atoms with E-state index in [4.69, 9.17) is 9.47 Å². The van der Waals surface area contributed by atoms with Crippen molar-refractivity contribution in [1.29, 1.82) is 0 Å². The summed E-state index contributed by atoms with van der Waals surface area (Å²) < 4.78 is 10.5. The second kappa shape index (κ2) is 10.7. The Hall–Kier alpha value is -1.97. The van der Waals surface area contributed by atoms with Crippen molar-refractivity contribution in [2.24, 2.45) is 0 Å². The maximum Gasteiger partial charge on any atom is 0.304 e. The number of rotatable bonds is 9. The molecular formula is C19H24O3. The number of allylic oxidation sites excluding steroid dienone is 1. The van der Waals surface area contributed by atoms with Crippen molar-refractivity contribution in [3.05, 3.63) is 25.3 Å². The molecule has 0 bridgehead atoms. The van der Waals surface area contributed by atoms with Gasteiger partial charge in [-0.25, -0.2) is 0 Å². The van der Waals surface area contributed by atoms with Gasteiger partial charge in [-0.15, -0.1) is 6.58 Å². The zero-order valence-electron chi connectivity index (χ0n) is 13.3. The third-order valence-electron chi connectivity index (χ3n) is 3.26. The van der Waals surface area contributed by atoms with Crippen molar-refractivity contribution >= 4 is 5.97 Å². The second-order valence-electron chi connectivity index (χ2n) is 5.18. The summed E-state index contributed by atoms with van der Waals surface area (Å²) in [5, 5.41) is 0. The molecule has 1 fully saturated rings. The van der Waals surface area contributed by atoms with Gasteiger partial charge in [-0.2, -0.15) is 0 Å². The molecule has 0 radical (unpaired) electrons. The van der Waals surface area contributed by atoms with Crippen LogP contribution in [0.1, 0.15) is 45.4 Å². The molecule has 118 valence electrons. The van der Waals surface area contributed by atoms with Crippen LogP contribution in [0.15, 0.2) is 25.3 Å². The van der Waals surface area contributed by atoms with Crippen LogP contribution in [0.3, 0.4) is 0 Å². The SMILES string of the molecule is C=CCCCCC[C@@H]1O[C@@H]1CC#CC#CC(C=C)OC(C)=O. The molecule has 1 saturated heterocycles. The highest BCUT2D eigenvalue weighted by Crippen LogP contribution is 2.29. The standard InChI is InChI=1S/C19H24O3/c1-4-6-7-8-11-14-18-19(22-18)15-12-9-10-13-17(5-2)21-16(3)20/h4-5,17-19H,1-2,6-8,11,14-15H2,3H3/t17?,18-,19+/m0/s1. The molecule has 0 amide bonds. The molecule has 3 heteroatoms. The van der Waals surface area contributed by atoms with Gasteiger partial charge in [0.1, 0.15) is 0 Å². The predicted molar refractivity (Wildman–Crippen MR) is 87.9 cm³/mol. The van der Waals surface area contributed by atoms with Gasteiger partial charge in [-0.05, 0) is 43.1 Å². The van der Waals surface area contributed by atoms with Crippen LogP contribution >= 0.6 is 0 Å². The Morgan fingerprint density at radius 2 is 2.09 bits per heavy atom. The molecule has 22 heavy (non-hydrogen) atoms. The molecule has 0 spiro atoms. The lowest BCUT2D eigenvalue weighted by Gasteiger charge is -2.03. The van der Waals surface area contributed by atoms with Gasteiger partial charge in [0.2, 0.25) is 0 Å². The average Bonchev–Trinajstić information content (AvgIpc) is 3.23. The van der Waals surface area contributed by atoms with Crippen LogP contribution in [0.4, 0.5) is 0 Å². The third-order valence-corrected chi connectivity index (χ3v) is 3.26. The lowest BCUT2D eigenvalue weighted by atomic mass is 10.1. The Morgan fingerprint density at radius 1 is 1.27 bits per heavy atom. The summed E-state index contributed by atoms with van der Waals surface area (Å²) in [5.74, 6) is 10.8. The third kappa shape index (κ3) is 8.35. The Labute approximate surface area is 133 Å². The van der Waals surface area contributed by atoms with Crippen molar-refractivity contribution in [2.45, 2.75) is 63.8 Å². The maximum absolute atomic E-state index is 10.8. The number of carbonyl (C=O) groups excluding carboxylic acids is 1. The molecule has 1 heterocycles. The lowest BCUT2D eigenvalue weighted by molar-refractivity contribution is -0.142. The first kappa shape index (κ1) is 18.1. The fourth-order valence-corrected chi connectivity index (χ4v) is 2.04. The van der Waals surface area contributed by atoms with Gasteiger partial charge in [0, 0.05) is 13.3 Å². The fraction of sp³-hybridized carbons (Fsp3) is 0.526. The zero-order valence-corrected chi connectivity index (χ0v) is 13.3. The first-order valence-corrected chi connectivity index (χ1v) is 7.72. The van der Waals surface area contributed by atoms with Crippen molar-refractivity contribution in [3.63, 3.8) is 0 Å². The number of hydrogen-bond donors (Lipinski definition) is 0. The topological polar surface area (TPSA) is 38.8 Å². The average molecular weight is 300 g/mol.